The van der Waals surface area contributed by atoms with Crippen LogP contribution in [0.15, 0.2) is 53.3 Å². The molecule has 3 aromatic rings. The van der Waals surface area contributed by atoms with Crippen LogP contribution < -0.4 is 15.8 Å². The van der Waals surface area contributed by atoms with Gasteiger partial charge in [0.15, 0.2) is 0 Å². The fourth-order valence-corrected chi connectivity index (χ4v) is 3.37. The predicted octanol–water partition coefficient (Wildman–Crippen LogP) is 3.26. The van der Waals surface area contributed by atoms with E-state index in [-0.39, 0.29) is 18.0 Å². The maximum Gasteiger partial charge on any atom is 0.263 e. The molecule has 0 unspecified atom stereocenters. The highest BCUT2D eigenvalue weighted by Gasteiger charge is 2.17. The first kappa shape index (κ1) is 20.9. The molecular formula is C22H25ClN4O2. The van der Waals surface area contributed by atoms with E-state index in [1.165, 1.54) is 4.57 Å². The van der Waals surface area contributed by atoms with Crippen LogP contribution in [0, 0.1) is 0 Å². The second-order valence-electron chi connectivity index (χ2n) is 6.72. The molecular weight excluding hydrogens is 388 g/mol. The highest BCUT2D eigenvalue weighted by Crippen LogP contribution is 2.15. The summed E-state index contributed by atoms with van der Waals surface area (Å²) in [5, 5.41) is 4.09. The van der Waals surface area contributed by atoms with Crippen molar-refractivity contribution < 1.29 is 4.79 Å². The van der Waals surface area contributed by atoms with Gasteiger partial charge in [0.25, 0.3) is 5.56 Å². The van der Waals surface area contributed by atoms with Crippen LogP contribution in [0.5, 0.6) is 0 Å². The van der Waals surface area contributed by atoms with Crippen LogP contribution in [0.1, 0.15) is 19.4 Å². The normalized spacial score (nSPS) is 10.9. The largest absolute Gasteiger partial charge is 0.354 e. The lowest BCUT2D eigenvalue weighted by molar-refractivity contribution is -0.121. The minimum absolute atomic E-state index is 0.0664. The second kappa shape index (κ2) is 9.56. The van der Waals surface area contributed by atoms with Gasteiger partial charge in [-0.25, -0.2) is 4.98 Å². The Bertz CT molecular complexity index is 1040. The molecule has 152 valence electrons. The number of hydrogen-bond donors (Lipinski definition) is 1. The topological polar surface area (TPSA) is 67.2 Å². The number of halogens is 1. The van der Waals surface area contributed by atoms with Gasteiger partial charge in [-0.05, 0) is 50.1 Å². The third kappa shape index (κ3) is 4.95. The quantitative estimate of drug-likeness (QED) is 0.616. The number of rotatable bonds is 8. The zero-order valence-electron chi connectivity index (χ0n) is 16.7. The van der Waals surface area contributed by atoms with Gasteiger partial charge in [0, 0.05) is 24.7 Å². The third-order valence-electron chi connectivity index (χ3n) is 4.84. The van der Waals surface area contributed by atoms with Crippen LogP contribution in [0.4, 0.5) is 5.95 Å². The van der Waals surface area contributed by atoms with Crippen LogP contribution in [-0.2, 0) is 17.8 Å². The number of carbonyl (C=O) groups is 1. The van der Waals surface area contributed by atoms with Gasteiger partial charge in [0.1, 0.15) is 6.54 Å². The monoisotopic (exact) mass is 412 g/mol. The van der Waals surface area contributed by atoms with Gasteiger partial charge in [0.05, 0.1) is 10.9 Å². The van der Waals surface area contributed by atoms with Crippen molar-refractivity contribution >= 4 is 34.4 Å². The maximum absolute atomic E-state index is 13.1. The predicted molar refractivity (Wildman–Crippen MR) is 118 cm³/mol. The van der Waals surface area contributed by atoms with Crippen molar-refractivity contribution in [1.82, 2.24) is 14.9 Å². The molecule has 7 heteroatoms. The summed E-state index contributed by atoms with van der Waals surface area (Å²) in [7, 11) is 0. The zero-order chi connectivity index (χ0) is 20.8. The molecule has 0 saturated heterocycles. The molecule has 0 bridgehead atoms. The summed E-state index contributed by atoms with van der Waals surface area (Å²) >= 11 is 5.89. The van der Waals surface area contributed by atoms with Crippen molar-refractivity contribution in [2.75, 3.05) is 24.5 Å². The highest BCUT2D eigenvalue weighted by molar-refractivity contribution is 6.30. The molecule has 0 saturated carbocycles. The Morgan fingerprint density at radius 1 is 1.10 bits per heavy atom. The first-order valence-corrected chi connectivity index (χ1v) is 10.2. The van der Waals surface area contributed by atoms with Gasteiger partial charge in [-0.15, -0.1) is 0 Å². The fraction of sp³-hybridized carbons (Fsp3) is 0.318. The Morgan fingerprint density at radius 3 is 2.48 bits per heavy atom. The molecule has 0 aliphatic carbocycles. The Hall–Kier alpha value is -2.86. The molecule has 1 heterocycles. The molecule has 6 nitrogen and oxygen atoms in total. The van der Waals surface area contributed by atoms with Gasteiger partial charge >= 0.3 is 0 Å². The summed E-state index contributed by atoms with van der Waals surface area (Å²) in [6.07, 6.45) is 0.691. The number of hydrogen-bond acceptors (Lipinski definition) is 4. The number of carbonyl (C=O) groups excluding carboxylic acids is 1. The Labute approximate surface area is 175 Å². The van der Waals surface area contributed by atoms with Crippen LogP contribution >= 0.6 is 11.6 Å². The summed E-state index contributed by atoms with van der Waals surface area (Å²) < 4.78 is 1.47. The average Bonchev–Trinajstić information content (AvgIpc) is 2.73. The molecule has 0 radical (unpaired) electrons. The molecule has 0 spiro atoms. The van der Waals surface area contributed by atoms with E-state index in [4.69, 9.17) is 11.6 Å². The van der Waals surface area contributed by atoms with Crippen LogP contribution in [0.25, 0.3) is 10.9 Å². The standard InChI is InChI=1S/C22H25ClN4O2/c1-3-26(4-2)22-25-19-8-6-5-7-18(19)21(29)27(22)15-20(28)24-14-13-16-9-11-17(23)12-10-16/h5-12H,3-4,13-15H2,1-2H3,(H,24,28). The van der Waals surface area contributed by atoms with E-state index >= 15 is 0 Å². The lowest BCUT2D eigenvalue weighted by Gasteiger charge is -2.24. The van der Waals surface area contributed by atoms with E-state index in [0.717, 1.165) is 5.56 Å². The Balaban J connectivity index is 1.79. The smallest absolute Gasteiger partial charge is 0.263 e. The van der Waals surface area contributed by atoms with Crippen molar-refractivity contribution in [3.05, 3.63) is 69.5 Å². The number of anilines is 1. The van der Waals surface area contributed by atoms with Crippen molar-refractivity contribution in [3.8, 4) is 0 Å². The minimum atomic E-state index is -0.216. The van der Waals surface area contributed by atoms with Crippen molar-refractivity contribution in [2.45, 2.75) is 26.8 Å². The number of amides is 1. The Kier molecular flexibility index (Phi) is 6.88. The molecule has 0 aliphatic rings. The number of nitrogens with zero attached hydrogens (tertiary/aromatic N) is 3. The lowest BCUT2D eigenvalue weighted by Crippen LogP contribution is -2.38. The van der Waals surface area contributed by atoms with Crippen molar-refractivity contribution in [3.63, 3.8) is 0 Å². The van der Waals surface area contributed by atoms with E-state index in [1.54, 1.807) is 12.1 Å². The molecule has 3 rings (SSSR count). The summed E-state index contributed by atoms with van der Waals surface area (Å²) in [6.45, 7) is 5.81. The summed E-state index contributed by atoms with van der Waals surface area (Å²) in [4.78, 5) is 32.3. The SMILES string of the molecule is CCN(CC)c1nc2ccccc2c(=O)n1CC(=O)NCCc1ccc(Cl)cc1. The highest BCUT2D eigenvalue weighted by atomic mass is 35.5. The van der Waals surface area contributed by atoms with E-state index in [9.17, 15) is 9.59 Å². The molecule has 1 amide bonds. The first-order chi connectivity index (χ1) is 14.0. The van der Waals surface area contributed by atoms with Gasteiger partial charge in [-0.1, -0.05) is 35.9 Å². The minimum Gasteiger partial charge on any atom is -0.354 e. The van der Waals surface area contributed by atoms with Gasteiger partial charge in [-0.2, -0.15) is 0 Å². The van der Waals surface area contributed by atoms with Crippen LogP contribution in [0.2, 0.25) is 5.02 Å². The van der Waals surface area contributed by atoms with Crippen LogP contribution in [-0.4, -0.2) is 35.1 Å². The molecule has 29 heavy (non-hydrogen) atoms. The van der Waals surface area contributed by atoms with E-state index in [0.29, 0.717) is 47.9 Å². The lowest BCUT2D eigenvalue weighted by atomic mass is 10.1. The zero-order valence-corrected chi connectivity index (χ0v) is 17.4. The number of nitrogens with one attached hydrogen (secondary N) is 1. The van der Waals surface area contributed by atoms with Crippen molar-refractivity contribution in [2.24, 2.45) is 0 Å². The number of aromatic nitrogens is 2. The number of fused-ring (bicyclic) bond motifs is 1. The van der Waals surface area contributed by atoms with Gasteiger partial charge < -0.3 is 10.2 Å². The third-order valence-corrected chi connectivity index (χ3v) is 5.09. The fourth-order valence-electron chi connectivity index (χ4n) is 3.24. The molecule has 0 aliphatic heterocycles. The van der Waals surface area contributed by atoms with E-state index in [1.807, 2.05) is 55.1 Å². The molecule has 1 N–H and O–H groups in total. The molecule has 0 atom stereocenters. The summed E-state index contributed by atoms with van der Waals surface area (Å²) in [5.41, 5.74) is 1.52. The average molecular weight is 413 g/mol. The Morgan fingerprint density at radius 2 is 1.79 bits per heavy atom. The second-order valence-corrected chi connectivity index (χ2v) is 7.16. The summed E-state index contributed by atoms with van der Waals surface area (Å²) in [5.74, 6) is 0.304. The first-order valence-electron chi connectivity index (χ1n) is 9.79. The number of benzene rings is 2. The van der Waals surface area contributed by atoms with Gasteiger partial charge in [-0.3, -0.25) is 14.2 Å². The summed E-state index contributed by atoms with van der Waals surface area (Å²) in [6, 6.07) is 14.7. The van der Waals surface area contributed by atoms with E-state index < -0.39 is 0 Å². The molecule has 1 aromatic heterocycles. The molecule has 2 aromatic carbocycles. The maximum atomic E-state index is 13.1. The van der Waals surface area contributed by atoms with Crippen molar-refractivity contribution in [1.29, 1.82) is 0 Å². The van der Waals surface area contributed by atoms with E-state index in [2.05, 4.69) is 10.3 Å². The van der Waals surface area contributed by atoms with Crippen LogP contribution in [0.3, 0.4) is 0 Å². The molecule has 0 fully saturated rings. The van der Waals surface area contributed by atoms with Gasteiger partial charge in [0.2, 0.25) is 11.9 Å². The number of para-hydroxylation sites is 1.